The molecule has 0 atom stereocenters. The van der Waals surface area contributed by atoms with Gasteiger partial charge in [-0.25, -0.2) is 9.07 Å². The van der Waals surface area contributed by atoms with E-state index in [0.29, 0.717) is 41.5 Å². The number of nitrogens with zero attached hydrogens (tertiary/aromatic N) is 3. The molecule has 0 fully saturated rings. The van der Waals surface area contributed by atoms with Gasteiger partial charge >= 0.3 is 0 Å². The topological polar surface area (TPSA) is 70.3 Å². The maximum absolute atomic E-state index is 13.4. The molecule has 0 aliphatic rings. The lowest BCUT2D eigenvalue weighted by Gasteiger charge is -2.12. The first kappa shape index (κ1) is 21.2. The molecular weight excluding hydrogens is 411 g/mol. The Morgan fingerprint density at radius 3 is 2.50 bits per heavy atom. The molecule has 8 heteroatoms. The third-order valence-corrected chi connectivity index (χ3v) is 5.08. The van der Waals surface area contributed by atoms with Crippen LogP contribution in [0.1, 0.15) is 15.9 Å². The number of hydrogen-bond donors (Lipinski definition) is 1. The Morgan fingerprint density at radius 1 is 1.06 bits per heavy atom. The molecule has 2 aromatic heterocycles. The van der Waals surface area contributed by atoms with Crippen molar-refractivity contribution in [3.63, 3.8) is 0 Å². The molecule has 2 aromatic carbocycles. The van der Waals surface area contributed by atoms with E-state index in [1.165, 1.54) is 18.3 Å². The molecule has 0 spiro atoms. The Hall–Kier alpha value is -4.07. The van der Waals surface area contributed by atoms with Crippen LogP contribution < -0.4 is 14.8 Å². The van der Waals surface area contributed by atoms with Gasteiger partial charge in [-0.15, -0.1) is 0 Å². The SMILES string of the molecule is COc1ccc(CCNC(=O)c2cnn(-c3ccc(F)cc3)c2-n2cccc2)c(OC)c1. The molecule has 4 rings (SSSR count). The second-order valence-electron chi connectivity index (χ2n) is 7.04. The van der Waals surface area contributed by atoms with Gasteiger partial charge in [0.25, 0.3) is 5.91 Å². The highest BCUT2D eigenvalue weighted by Gasteiger charge is 2.20. The van der Waals surface area contributed by atoms with E-state index in [0.717, 1.165) is 5.56 Å². The van der Waals surface area contributed by atoms with Crippen LogP contribution in [0.2, 0.25) is 0 Å². The van der Waals surface area contributed by atoms with E-state index in [1.54, 1.807) is 35.6 Å². The molecule has 0 aliphatic carbocycles. The quantitative estimate of drug-likeness (QED) is 0.458. The number of amides is 1. The van der Waals surface area contributed by atoms with Crippen LogP contribution in [0.3, 0.4) is 0 Å². The molecule has 0 saturated carbocycles. The van der Waals surface area contributed by atoms with E-state index in [4.69, 9.17) is 9.47 Å². The Bertz CT molecular complexity index is 1200. The third-order valence-electron chi connectivity index (χ3n) is 5.08. The van der Waals surface area contributed by atoms with Crippen LogP contribution in [0.4, 0.5) is 4.39 Å². The molecule has 0 bridgehead atoms. The number of carbonyl (C=O) groups is 1. The van der Waals surface area contributed by atoms with Crippen molar-refractivity contribution in [3.05, 3.63) is 90.1 Å². The number of rotatable bonds is 8. The number of methoxy groups -OCH3 is 2. The highest BCUT2D eigenvalue weighted by atomic mass is 19.1. The maximum atomic E-state index is 13.4. The van der Waals surface area contributed by atoms with Gasteiger partial charge in [0.2, 0.25) is 0 Å². The molecule has 1 amide bonds. The van der Waals surface area contributed by atoms with Crippen LogP contribution in [-0.4, -0.2) is 41.0 Å². The van der Waals surface area contributed by atoms with E-state index < -0.39 is 0 Å². The monoisotopic (exact) mass is 434 g/mol. The van der Waals surface area contributed by atoms with Crippen LogP contribution in [0.25, 0.3) is 11.5 Å². The van der Waals surface area contributed by atoms with Crippen molar-refractivity contribution in [3.8, 4) is 23.0 Å². The zero-order valence-electron chi connectivity index (χ0n) is 17.8. The number of ether oxygens (including phenoxy) is 2. The minimum Gasteiger partial charge on any atom is -0.497 e. The number of aromatic nitrogens is 3. The van der Waals surface area contributed by atoms with Gasteiger partial charge in [-0.2, -0.15) is 5.10 Å². The fourth-order valence-electron chi connectivity index (χ4n) is 3.46. The summed E-state index contributed by atoms with van der Waals surface area (Å²) in [7, 11) is 3.20. The molecule has 1 N–H and O–H groups in total. The number of benzene rings is 2. The lowest BCUT2D eigenvalue weighted by Crippen LogP contribution is -2.26. The molecule has 2 heterocycles. The largest absolute Gasteiger partial charge is 0.497 e. The van der Waals surface area contributed by atoms with Gasteiger partial charge in [0.1, 0.15) is 22.9 Å². The lowest BCUT2D eigenvalue weighted by atomic mass is 10.1. The van der Waals surface area contributed by atoms with Crippen molar-refractivity contribution < 1.29 is 18.7 Å². The van der Waals surface area contributed by atoms with Crippen LogP contribution in [0.15, 0.2) is 73.2 Å². The van der Waals surface area contributed by atoms with E-state index in [9.17, 15) is 9.18 Å². The average Bonchev–Trinajstić information content (AvgIpc) is 3.49. The Kier molecular flexibility index (Phi) is 6.21. The summed E-state index contributed by atoms with van der Waals surface area (Å²) in [6, 6.07) is 15.3. The van der Waals surface area contributed by atoms with Crippen molar-refractivity contribution in [1.29, 1.82) is 0 Å². The van der Waals surface area contributed by atoms with Crippen LogP contribution in [0, 0.1) is 5.82 Å². The Balaban J connectivity index is 1.55. The lowest BCUT2D eigenvalue weighted by molar-refractivity contribution is 0.0954. The smallest absolute Gasteiger partial charge is 0.256 e. The maximum Gasteiger partial charge on any atom is 0.256 e. The second-order valence-corrected chi connectivity index (χ2v) is 7.04. The molecule has 0 aliphatic heterocycles. The molecule has 32 heavy (non-hydrogen) atoms. The molecule has 4 aromatic rings. The number of hydrogen-bond acceptors (Lipinski definition) is 4. The summed E-state index contributed by atoms with van der Waals surface area (Å²) < 4.78 is 27.4. The first-order valence-electron chi connectivity index (χ1n) is 10.1. The van der Waals surface area contributed by atoms with Crippen LogP contribution >= 0.6 is 0 Å². The van der Waals surface area contributed by atoms with Crippen molar-refractivity contribution in [2.24, 2.45) is 0 Å². The minimum absolute atomic E-state index is 0.255. The molecule has 0 radical (unpaired) electrons. The third kappa shape index (κ3) is 4.34. The van der Waals surface area contributed by atoms with Gasteiger partial charge in [-0.3, -0.25) is 4.79 Å². The van der Waals surface area contributed by atoms with Gasteiger partial charge < -0.3 is 19.4 Å². The Morgan fingerprint density at radius 2 is 1.81 bits per heavy atom. The summed E-state index contributed by atoms with van der Waals surface area (Å²) in [5.41, 5.74) is 2.02. The van der Waals surface area contributed by atoms with E-state index >= 15 is 0 Å². The molecule has 0 saturated heterocycles. The minimum atomic E-state index is -0.338. The average molecular weight is 434 g/mol. The van der Waals surface area contributed by atoms with Gasteiger partial charge in [-0.05, 0) is 54.4 Å². The molecule has 164 valence electrons. The standard InChI is InChI=1S/C24H23FN4O3/c1-31-20-10-5-17(22(15-20)32-2)11-12-26-23(30)21-16-27-29(19-8-6-18(25)7-9-19)24(21)28-13-3-4-14-28/h3-10,13-16H,11-12H2,1-2H3,(H,26,30). The van der Waals surface area contributed by atoms with Crippen molar-refractivity contribution in [2.45, 2.75) is 6.42 Å². The predicted octanol–water partition coefficient (Wildman–Crippen LogP) is 3.79. The number of nitrogens with one attached hydrogen (secondary N) is 1. The molecule has 7 nitrogen and oxygen atoms in total. The van der Waals surface area contributed by atoms with Crippen molar-refractivity contribution in [1.82, 2.24) is 19.7 Å². The van der Waals surface area contributed by atoms with Gasteiger partial charge in [-0.1, -0.05) is 6.07 Å². The van der Waals surface area contributed by atoms with E-state index in [2.05, 4.69) is 10.4 Å². The summed E-state index contributed by atoms with van der Waals surface area (Å²) >= 11 is 0. The highest BCUT2D eigenvalue weighted by molar-refractivity contribution is 5.97. The summed E-state index contributed by atoms with van der Waals surface area (Å²) in [4.78, 5) is 13.0. The fraction of sp³-hybridized carbons (Fsp3) is 0.167. The van der Waals surface area contributed by atoms with Crippen LogP contribution in [0.5, 0.6) is 11.5 Å². The molecule has 0 unspecified atom stereocenters. The first-order chi connectivity index (χ1) is 15.6. The number of halogens is 1. The summed E-state index contributed by atoms with van der Waals surface area (Å²) in [6.45, 7) is 0.411. The van der Waals surface area contributed by atoms with E-state index in [-0.39, 0.29) is 11.7 Å². The number of carbonyl (C=O) groups excluding carboxylic acids is 1. The van der Waals surface area contributed by atoms with Crippen molar-refractivity contribution in [2.75, 3.05) is 20.8 Å². The van der Waals surface area contributed by atoms with E-state index in [1.807, 2.05) is 42.7 Å². The summed E-state index contributed by atoms with van der Waals surface area (Å²) in [5, 5.41) is 7.34. The zero-order valence-corrected chi connectivity index (χ0v) is 17.8. The van der Waals surface area contributed by atoms with Crippen molar-refractivity contribution >= 4 is 5.91 Å². The van der Waals surface area contributed by atoms with Gasteiger partial charge in [0.15, 0.2) is 5.82 Å². The van der Waals surface area contributed by atoms with Gasteiger partial charge in [0, 0.05) is 25.0 Å². The normalized spacial score (nSPS) is 10.7. The van der Waals surface area contributed by atoms with Gasteiger partial charge in [0.05, 0.1) is 26.1 Å². The highest BCUT2D eigenvalue weighted by Crippen LogP contribution is 2.25. The Labute approximate surface area is 185 Å². The predicted molar refractivity (Wildman–Crippen MR) is 118 cm³/mol. The summed E-state index contributed by atoms with van der Waals surface area (Å²) in [5.74, 6) is 1.39. The second kappa shape index (κ2) is 9.38. The molecular formula is C24H23FN4O3. The summed E-state index contributed by atoms with van der Waals surface area (Å²) in [6.07, 6.45) is 5.76. The first-order valence-corrected chi connectivity index (χ1v) is 10.1. The zero-order chi connectivity index (χ0) is 22.5. The fourth-order valence-corrected chi connectivity index (χ4v) is 3.46. The van der Waals surface area contributed by atoms with Crippen LogP contribution in [-0.2, 0) is 6.42 Å².